The molecule has 0 radical (unpaired) electrons. The minimum atomic E-state index is 0.0815. The molecule has 0 aliphatic rings. The van der Waals surface area contributed by atoms with Crippen LogP contribution in [-0.2, 0) is 0 Å². The maximum absolute atomic E-state index is 10.6. The number of aromatic hydroxyl groups is 1. The van der Waals surface area contributed by atoms with Crippen molar-refractivity contribution < 1.29 is 14.3 Å². The fraction of sp³-hybridized carbons (Fsp3) is 0.0500. The lowest BCUT2D eigenvalue weighted by Gasteiger charge is -2.12. The van der Waals surface area contributed by atoms with E-state index in [9.17, 15) is 5.11 Å². The molecule has 4 heterocycles. The van der Waals surface area contributed by atoms with Gasteiger partial charge in [0.15, 0.2) is 5.65 Å². The number of aryl methyl sites for hydroxylation is 1. The highest BCUT2D eigenvalue weighted by atomic mass is 16.5. The third kappa shape index (κ3) is 2.48. The van der Waals surface area contributed by atoms with Crippen molar-refractivity contribution in [3.63, 3.8) is 0 Å². The van der Waals surface area contributed by atoms with Crippen molar-refractivity contribution in [1.82, 2.24) is 19.4 Å². The van der Waals surface area contributed by atoms with Gasteiger partial charge in [0.1, 0.15) is 17.1 Å². The molecule has 0 saturated carbocycles. The van der Waals surface area contributed by atoms with Crippen molar-refractivity contribution in [2.45, 2.75) is 6.92 Å². The Bertz CT molecular complexity index is 1290. The van der Waals surface area contributed by atoms with E-state index in [-0.39, 0.29) is 5.75 Å². The van der Waals surface area contributed by atoms with Gasteiger partial charge in [-0.2, -0.15) is 0 Å². The first-order chi connectivity index (χ1) is 13.2. The van der Waals surface area contributed by atoms with Crippen LogP contribution in [0.1, 0.15) is 5.69 Å². The van der Waals surface area contributed by atoms with Gasteiger partial charge < -0.3 is 14.3 Å². The lowest BCUT2D eigenvalue weighted by atomic mass is 10.1. The molecule has 0 bridgehead atoms. The van der Waals surface area contributed by atoms with Crippen molar-refractivity contribution in [3.8, 4) is 28.6 Å². The zero-order valence-electron chi connectivity index (χ0n) is 14.3. The van der Waals surface area contributed by atoms with E-state index in [1.54, 1.807) is 55.2 Å². The Labute approximate surface area is 153 Å². The number of nitrogens with zero attached hydrogens (tertiary/aromatic N) is 4. The van der Waals surface area contributed by atoms with Crippen LogP contribution in [0.5, 0.6) is 17.4 Å². The number of benzene rings is 1. The molecule has 5 rings (SSSR count). The van der Waals surface area contributed by atoms with Crippen LogP contribution in [0, 0.1) is 6.92 Å². The van der Waals surface area contributed by atoms with Crippen LogP contribution in [0.15, 0.2) is 65.8 Å². The number of fused-ring (bicyclic) bond motifs is 2. The van der Waals surface area contributed by atoms with E-state index in [0.29, 0.717) is 28.4 Å². The van der Waals surface area contributed by atoms with Crippen molar-refractivity contribution in [2.24, 2.45) is 0 Å². The molecule has 4 aromatic heterocycles. The Hall–Kier alpha value is -3.87. The Balaban J connectivity index is 1.57. The largest absolute Gasteiger partial charge is 0.507 e. The zero-order valence-corrected chi connectivity index (χ0v) is 14.3. The molecular weight excluding hydrogens is 344 g/mol. The maximum atomic E-state index is 10.6. The van der Waals surface area contributed by atoms with E-state index >= 15 is 0 Å². The molecule has 7 nitrogen and oxygen atoms in total. The summed E-state index contributed by atoms with van der Waals surface area (Å²) in [5, 5.41) is 11.4. The normalized spacial score (nSPS) is 11.3. The zero-order chi connectivity index (χ0) is 18.4. The first-order valence-electron chi connectivity index (χ1n) is 8.33. The van der Waals surface area contributed by atoms with E-state index in [1.165, 1.54) is 0 Å². The number of rotatable bonds is 3. The van der Waals surface area contributed by atoms with Crippen molar-refractivity contribution in [3.05, 3.63) is 67.1 Å². The summed E-state index contributed by atoms with van der Waals surface area (Å²) >= 11 is 0. The molecule has 0 fully saturated rings. The molecule has 5 aromatic rings. The maximum Gasteiger partial charge on any atom is 0.230 e. The van der Waals surface area contributed by atoms with Gasteiger partial charge in [-0.05, 0) is 31.2 Å². The minimum absolute atomic E-state index is 0.0815. The van der Waals surface area contributed by atoms with Crippen LogP contribution in [-0.4, -0.2) is 24.5 Å². The summed E-state index contributed by atoms with van der Waals surface area (Å²) in [6.07, 6.45) is 8.44. The van der Waals surface area contributed by atoms with Crippen LogP contribution >= 0.6 is 0 Å². The number of phenolic OH excluding ortho intramolecular Hbond substituents is 1. The number of ether oxygens (including phenoxy) is 1. The summed E-state index contributed by atoms with van der Waals surface area (Å²) in [5.74, 6) is 0.974. The standard InChI is InChI=1S/C20H14N4O3/c1-12-19(24-8-7-21-18(24)11-23-12)14-3-2-13(10-16(14)25)27-20-15-5-9-26-17(15)4-6-22-20/h2-11,25H,1H3. The summed E-state index contributed by atoms with van der Waals surface area (Å²) in [6, 6.07) is 8.70. The number of phenols is 1. The molecule has 7 heteroatoms. The average molecular weight is 358 g/mol. The summed E-state index contributed by atoms with van der Waals surface area (Å²) in [6.45, 7) is 1.89. The molecular formula is C20H14N4O3. The van der Waals surface area contributed by atoms with Gasteiger partial charge in [-0.1, -0.05) is 0 Å². The number of aromatic nitrogens is 4. The van der Waals surface area contributed by atoms with Gasteiger partial charge in [0.05, 0.1) is 29.2 Å². The van der Waals surface area contributed by atoms with Gasteiger partial charge in [0.25, 0.3) is 0 Å². The molecule has 0 amide bonds. The van der Waals surface area contributed by atoms with Crippen molar-refractivity contribution in [1.29, 1.82) is 0 Å². The first kappa shape index (κ1) is 15.4. The van der Waals surface area contributed by atoms with Crippen molar-refractivity contribution in [2.75, 3.05) is 0 Å². The van der Waals surface area contributed by atoms with Crippen LogP contribution in [0.25, 0.3) is 27.9 Å². The molecule has 0 spiro atoms. The fourth-order valence-electron chi connectivity index (χ4n) is 3.15. The van der Waals surface area contributed by atoms with Gasteiger partial charge in [0.2, 0.25) is 5.88 Å². The second-order valence-electron chi connectivity index (χ2n) is 6.08. The lowest BCUT2D eigenvalue weighted by Crippen LogP contribution is -1.98. The van der Waals surface area contributed by atoms with E-state index in [1.807, 2.05) is 17.5 Å². The summed E-state index contributed by atoms with van der Waals surface area (Å²) < 4.78 is 13.1. The third-order valence-electron chi connectivity index (χ3n) is 4.41. The van der Waals surface area contributed by atoms with Gasteiger partial charge >= 0.3 is 0 Å². The number of hydrogen-bond donors (Lipinski definition) is 1. The number of pyridine rings is 1. The van der Waals surface area contributed by atoms with E-state index in [2.05, 4.69) is 15.0 Å². The predicted octanol–water partition coefficient (Wildman–Crippen LogP) is 4.34. The molecule has 1 N–H and O–H groups in total. The van der Waals surface area contributed by atoms with E-state index in [0.717, 1.165) is 16.8 Å². The lowest BCUT2D eigenvalue weighted by molar-refractivity contribution is 0.450. The molecule has 1 aromatic carbocycles. The van der Waals surface area contributed by atoms with Crippen molar-refractivity contribution >= 4 is 16.6 Å². The summed E-state index contributed by atoms with van der Waals surface area (Å²) in [4.78, 5) is 12.9. The van der Waals surface area contributed by atoms with Gasteiger partial charge in [-0.25, -0.2) is 9.97 Å². The van der Waals surface area contributed by atoms with Crippen LogP contribution in [0.3, 0.4) is 0 Å². The summed E-state index contributed by atoms with van der Waals surface area (Å²) in [7, 11) is 0. The quantitative estimate of drug-likeness (QED) is 0.516. The highest BCUT2D eigenvalue weighted by Gasteiger charge is 2.15. The van der Waals surface area contributed by atoms with Gasteiger partial charge in [0, 0.05) is 30.2 Å². The van der Waals surface area contributed by atoms with Crippen LogP contribution in [0.2, 0.25) is 0 Å². The Morgan fingerprint density at radius 2 is 2.00 bits per heavy atom. The third-order valence-corrected chi connectivity index (χ3v) is 4.41. The highest BCUT2D eigenvalue weighted by Crippen LogP contribution is 2.36. The SMILES string of the molecule is Cc1ncc2nccn2c1-c1ccc(Oc2nccc3occc23)cc1O. The number of furan rings is 1. The number of hydrogen-bond acceptors (Lipinski definition) is 6. The molecule has 0 aliphatic carbocycles. The number of imidazole rings is 1. The van der Waals surface area contributed by atoms with E-state index < -0.39 is 0 Å². The molecule has 0 unspecified atom stereocenters. The van der Waals surface area contributed by atoms with Crippen LogP contribution < -0.4 is 4.74 Å². The van der Waals surface area contributed by atoms with Gasteiger partial charge in [-0.15, -0.1) is 0 Å². The summed E-state index contributed by atoms with van der Waals surface area (Å²) in [5.41, 5.74) is 3.62. The monoisotopic (exact) mass is 358 g/mol. The Morgan fingerprint density at radius 3 is 2.89 bits per heavy atom. The second-order valence-corrected chi connectivity index (χ2v) is 6.08. The minimum Gasteiger partial charge on any atom is -0.507 e. The Kier molecular flexibility index (Phi) is 3.33. The average Bonchev–Trinajstić information content (AvgIpc) is 3.32. The fourth-order valence-corrected chi connectivity index (χ4v) is 3.15. The smallest absolute Gasteiger partial charge is 0.230 e. The molecule has 0 aliphatic heterocycles. The van der Waals surface area contributed by atoms with Crippen LogP contribution in [0.4, 0.5) is 0 Å². The second kappa shape index (κ2) is 5.84. The van der Waals surface area contributed by atoms with E-state index in [4.69, 9.17) is 9.15 Å². The molecule has 27 heavy (non-hydrogen) atoms. The molecule has 0 atom stereocenters. The molecule has 132 valence electrons. The molecule has 0 saturated heterocycles. The highest BCUT2D eigenvalue weighted by molar-refractivity contribution is 5.82. The predicted molar refractivity (Wildman–Crippen MR) is 98.9 cm³/mol. The topological polar surface area (TPSA) is 85.7 Å². The van der Waals surface area contributed by atoms with Gasteiger partial charge in [-0.3, -0.25) is 9.38 Å². The first-order valence-corrected chi connectivity index (χ1v) is 8.33. The Morgan fingerprint density at radius 1 is 1.07 bits per heavy atom.